The minimum Gasteiger partial charge on any atom is -0.370 e. The lowest BCUT2D eigenvalue weighted by atomic mass is 9.76. The van der Waals surface area contributed by atoms with Crippen LogP contribution in [0.3, 0.4) is 0 Å². The number of hydrogen-bond donors (Lipinski definition) is 1. The Kier molecular flexibility index (Phi) is 7.41. The molecule has 5 nitrogen and oxygen atoms in total. The van der Waals surface area contributed by atoms with E-state index < -0.39 is 5.60 Å². The van der Waals surface area contributed by atoms with Crippen molar-refractivity contribution in [1.29, 1.82) is 0 Å². The van der Waals surface area contributed by atoms with Crippen molar-refractivity contribution in [2.24, 2.45) is 5.41 Å². The predicted molar refractivity (Wildman–Crippen MR) is 131 cm³/mol. The molecule has 1 aliphatic rings. The number of aromatic nitrogens is 2. The van der Waals surface area contributed by atoms with E-state index in [9.17, 15) is 4.79 Å². The van der Waals surface area contributed by atoms with Crippen LogP contribution in [0.15, 0.2) is 30.5 Å². The van der Waals surface area contributed by atoms with Crippen LogP contribution < -0.4 is 0 Å². The van der Waals surface area contributed by atoms with Crippen LogP contribution in [0.25, 0.3) is 5.57 Å². The number of ether oxygens (including phenoxy) is 1. The fourth-order valence-corrected chi connectivity index (χ4v) is 4.10. The van der Waals surface area contributed by atoms with Crippen molar-refractivity contribution in [3.8, 4) is 0 Å². The molecule has 1 aliphatic carbocycles. The number of carbonyl (C=O) groups excluding carboxylic acids is 1. The standard InChI is InChI=1S/C27H39N3O2/c1-19-18-28-25(29-19)24(31)16-21-8-9-22(27(4,5)32-15-14-30(6)7)17-23(21)20-10-12-26(2,3)13-11-20/h8-10,17-18H,11-16H2,1-7H3,(H,28,29). The summed E-state index contributed by atoms with van der Waals surface area (Å²) >= 11 is 0. The Morgan fingerprint density at radius 2 is 2.03 bits per heavy atom. The van der Waals surface area contributed by atoms with Crippen LogP contribution in [0.1, 0.15) is 80.0 Å². The smallest absolute Gasteiger partial charge is 0.202 e. The number of aryl methyl sites for hydroxylation is 1. The molecule has 1 N–H and O–H groups in total. The maximum absolute atomic E-state index is 12.9. The van der Waals surface area contributed by atoms with Gasteiger partial charge in [0, 0.05) is 24.9 Å². The van der Waals surface area contributed by atoms with Crippen molar-refractivity contribution in [2.45, 2.75) is 65.9 Å². The summed E-state index contributed by atoms with van der Waals surface area (Å²) in [6.07, 6.45) is 7.64. The van der Waals surface area contributed by atoms with Crippen molar-refractivity contribution in [1.82, 2.24) is 14.9 Å². The second-order valence-corrected chi connectivity index (χ2v) is 10.6. The maximum atomic E-state index is 12.9. The second-order valence-electron chi connectivity index (χ2n) is 10.6. The normalized spacial score (nSPS) is 16.3. The number of imidazole rings is 1. The molecule has 2 aromatic rings. The number of likely N-dealkylation sites (N-methyl/N-ethyl adjacent to an activating group) is 1. The number of hydrogen-bond acceptors (Lipinski definition) is 4. The van der Waals surface area contributed by atoms with Gasteiger partial charge in [0.25, 0.3) is 0 Å². The predicted octanol–water partition coefficient (Wildman–Crippen LogP) is 5.55. The third-order valence-corrected chi connectivity index (χ3v) is 6.44. The number of benzene rings is 1. The molecule has 0 unspecified atom stereocenters. The lowest BCUT2D eigenvalue weighted by molar-refractivity contribution is -0.0268. The van der Waals surface area contributed by atoms with Gasteiger partial charge in [0.1, 0.15) is 0 Å². The lowest BCUT2D eigenvalue weighted by Gasteiger charge is -2.31. The highest BCUT2D eigenvalue weighted by atomic mass is 16.5. The van der Waals surface area contributed by atoms with E-state index in [1.165, 1.54) is 11.1 Å². The summed E-state index contributed by atoms with van der Waals surface area (Å²) in [5.74, 6) is 0.453. The van der Waals surface area contributed by atoms with Crippen LogP contribution in [0, 0.1) is 12.3 Å². The number of H-pyrrole nitrogens is 1. The molecule has 174 valence electrons. The Hall–Kier alpha value is -2.24. The van der Waals surface area contributed by atoms with Gasteiger partial charge in [0.2, 0.25) is 5.78 Å². The van der Waals surface area contributed by atoms with Gasteiger partial charge in [0.15, 0.2) is 5.82 Å². The number of ketones is 1. The molecule has 0 atom stereocenters. The van der Waals surface area contributed by atoms with Gasteiger partial charge in [-0.05, 0) is 87.9 Å². The van der Waals surface area contributed by atoms with Crippen LogP contribution in [0.4, 0.5) is 0 Å². The number of nitrogens with zero attached hydrogens (tertiary/aromatic N) is 2. The molecule has 0 saturated carbocycles. The Morgan fingerprint density at radius 1 is 1.28 bits per heavy atom. The minimum atomic E-state index is -0.403. The minimum absolute atomic E-state index is 0.0188. The highest BCUT2D eigenvalue weighted by Crippen LogP contribution is 2.40. The molecule has 0 fully saturated rings. The molecular formula is C27H39N3O2. The van der Waals surface area contributed by atoms with E-state index >= 15 is 0 Å². The first-order valence-corrected chi connectivity index (χ1v) is 11.6. The zero-order chi connectivity index (χ0) is 23.5. The molecule has 1 aromatic heterocycles. The second kappa shape index (κ2) is 9.72. The van der Waals surface area contributed by atoms with Gasteiger partial charge in [-0.1, -0.05) is 32.1 Å². The van der Waals surface area contributed by atoms with E-state index in [1.54, 1.807) is 6.20 Å². The van der Waals surface area contributed by atoms with Crippen molar-refractivity contribution in [3.05, 3.63) is 58.7 Å². The molecule has 0 spiro atoms. The molecule has 0 amide bonds. The number of carbonyl (C=O) groups is 1. The summed E-state index contributed by atoms with van der Waals surface area (Å²) in [5, 5.41) is 0. The Balaban J connectivity index is 1.92. The SMILES string of the molecule is Cc1cnc(C(=O)Cc2ccc(C(C)(C)OCCN(C)C)cc2C2=CCC(C)(C)CC2)[nH]1. The zero-order valence-electron chi connectivity index (χ0n) is 20.8. The first-order valence-electron chi connectivity index (χ1n) is 11.6. The summed E-state index contributed by atoms with van der Waals surface area (Å²) < 4.78 is 6.25. The van der Waals surface area contributed by atoms with Crippen LogP contribution in [0.2, 0.25) is 0 Å². The summed E-state index contributed by atoms with van der Waals surface area (Å²) in [7, 11) is 4.11. The van der Waals surface area contributed by atoms with Crippen molar-refractivity contribution in [3.63, 3.8) is 0 Å². The average Bonchev–Trinajstić information content (AvgIpc) is 3.14. The monoisotopic (exact) mass is 437 g/mol. The van der Waals surface area contributed by atoms with Gasteiger partial charge in [0.05, 0.1) is 12.2 Å². The Labute approximate surface area is 193 Å². The molecule has 1 aromatic carbocycles. The van der Waals surface area contributed by atoms with Gasteiger partial charge < -0.3 is 14.6 Å². The fraction of sp³-hybridized carbons (Fsp3) is 0.556. The molecule has 0 bridgehead atoms. The van der Waals surface area contributed by atoms with E-state index in [2.05, 4.69) is 80.9 Å². The Bertz CT molecular complexity index is 983. The van der Waals surface area contributed by atoms with Crippen LogP contribution in [-0.2, 0) is 16.8 Å². The third kappa shape index (κ3) is 6.17. The van der Waals surface area contributed by atoms with Gasteiger partial charge in [-0.15, -0.1) is 0 Å². The van der Waals surface area contributed by atoms with E-state index in [0.29, 0.717) is 24.3 Å². The molecule has 0 saturated heterocycles. The summed E-state index contributed by atoms with van der Waals surface area (Å²) in [6.45, 7) is 12.4. The number of aromatic amines is 1. The molecule has 0 radical (unpaired) electrons. The number of rotatable bonds is 9. The van der Waals surface area contributed by atoms with Gasteiger partial charge >= 0.3 is 0 Å². The highest BCUT2D eigenvalue weighted by Gasteiger charge is 2.27. The summed E-state index contributed by atoms with van der Waals surface area (Å²) in [6, 6.07) is 6.47. The lowest BCUT2D eigenvalue weighted by Crippen LogP contribution is -2.27. The molecule has 3 rings (SSSR count). The average molecular weight is 438 g/mol. The summed E-state index contributed by atoms with van der Waals surface area (Å²) in [5.41, 5.74) is 5.55. The zero-order valence-corrected chi connectivity index (χ0v) is 20.8. The van der Waals surface area contributed by atoms with E-state index in [4.69, 9.17) is 4.74 Å². The van der Waals surface area contributed by atoms with Gasteiger partial charge in [-0.3, -0.25) is 4.79 Å². The van der Waals surface area contributed by atoms with Gasteiger partial charge in [-0.2, -0.15) is 0 Å². The molecule has 5 heteroatoms. The first kappa shape index (κ1) is 24.4. The number of Topliss-reactive ketones (excluding diaryl/α,β-unsaturated/α-hetero) is 1. The van der Waals surface area contributed by atoms with Crippen LogP contribution >= 0.6 is 0 Å². The molecule has 0 aliphatic heterocycles. The van der Waals surface area contributed by atoms with Crippen molar-refractivity contribution in [2.75, 3.05) is 27.2 Å². The van der Waals surface area contributed by atoms with E-state index in [0.717, 1.165) is 42.6 Å². The largest absolute Gasteiger partial charge is 0.370 e. The first-order chi connectivity index (χ1) is 15.0. The van der Waals surface area contributed by atoms with E-state index in [1.807, 2.05) is 6.92 Å². The maximum Gasteiger partial charge on any atom is 0.202 e. The van der Waals surface area contributed by atoms with Gasteiger partial charge in [-0.25, -0.2) is 4.98 Å². The fourth-order valence-electron chi connectivity index (χ4n) is 4.10. The Morgan fingerprint density at radius 3 is 2.62 bits per heavy atom. The van der Waals surface area contributed by atoms with Crippen LogP contribution in [0.5, 0.6) is 0 Å². The number of allylic oxidation sites excluding steroid dienone is 2. The molecule has 32 heavy (non-hydrogen) atoms. The third-order valence-electron chi connectivity index (χ3n) is 6.44. The summed E-state index contributed by atoms with van der Waals surface area (Å²) in [4.78, 5) is 22.3. The molecular weight excluding hydrogens is 398 g/mol. The van der Waals surface area contributed by atoms with Crippen LogP contribution in [-0.4, -0.2) is 47.9 Å². The number of nitrogens with one attached hydrogen (secondary N) is 1. The topological polar surface area (TPSA) is 58.2 Å². The highest BCUT2D eigenvalue weighted by molar-refractivity contribution is 5.95. The molecule has 1 heterocycles. The van der Waals surface area contributed by atoms with Crippen molar-refractivity contribution >= 4 is 11.4 Å². The quantitative estimate of drug-likeness (QED) is 0.523. The van der Waals surface area contributed by atoms with E-state index in [-0.39, 0.29) is 5.78 Å². The van der Waals surface area contributed by atoms with Crippen molar-refractivity contribution < 1.29 is 9.53 Å².